The molecule has 1 aromatic carbocycles. The first kappa shape index (κ1) is 10.2. The van der Waals surface area contributed by atoms with E-state index in [4.69, 9.17) is 5.14 Å². The van der Waals surface area contributed by atoms with E-state index in [-0.39, 0.29) is 4.90 Å². The van der Waals surface area contributed by atoms with E-state index < -0.39 is 10.0 Å². The second kappa shape index (κ2) is 3.08. The molecule has 0 aliphatic rings. The third-order valence-corrected chi connectivity index (χ3v) is 3.40. The molecule has 4 nitrogen and oxygen atoms in total. The third kappa shape index (κ3) is 1.64. The number of hydrogen-bond acceptors (Lipinski definition) is 2. The molecule has 0 saturated carbocycles. The lowest BCUT2D eigenvalue weighted by Gasteiger charge is -2.03. The summed E-state index contributed by atoms with van der Waals surface area (Å²) in [6.07, 6.45) is 1.89. The van der Waals surface area contributed by atoms with Crippen molar-refractivity contribution < 1.29 is 8.42 Å². The highest BCUT2D eigenvalue weighted by atomic mass is 32.2. The van der Waals surface area contributed by atoms with Crippen LogP contribution in [0.25, 0.3) is 10.9 Å². The van der Waals surface area contributed by atoms with Crippen LogP contribution in [0.3, 0.4) is 0 Å². The fourth-order valence-corrected chi connectivity index (χ4v) is 2.30. The molecule has 0 aliphatic carbocycles. The molecule has 2 N–H and O–H groups in total. The number of sulfonamides is 1. The van der Waals surface area contributed by atoms with Crippen molar-refractivity contribution in [1.82, 2.24) is 4.57 Å². The van der Waals surface area contributed by atoms with Crippen molar-refractivity contribution in [3.8, 4) is 0 Å². The lowest BCUT2D eigenvalue weighted by Crippen LogP contribution is -2.12. The van der Waals surface area contributed by atoms with E-state index >= 15 is 0 Å². The molecule has 80 valence electrons. The molecule has 0 atom stereocenters. The molecule has 2 aromatic rings. The summed E-state index contributed by atoms with van der Waals surface area (Å²) in [5, 5.41) is 6.14. The number of aromatic nitrogens is 1. The number of nitrogens with two attached hydrogens (primary N) is 1. The van der Waals surface area contributed by atoms with Gasteiger partial charge in [-0.2, -0.15) is 0 Å². The largest absolute Gasteiger partial charge is 0.351 e. The number of benzene rings is 1. The van der Waals surface area contributed by atoms with E-state index in [2.05, 4.69) is 0 Å². The maximum Gasteiger partial charge on any atom is 0.238 e. The number of nitrogens with zero attached hydrogens (tertiary/aromatic N) is 1. The summed E-state index contributed by atoms with van der Waals surface area (Å²) in [5.74, 6) is 0. The van der Waals surface area contributed by atoms with Crippen molar-refractivity contribution in [1.29, 1.82) is 0 Å². The molecule has 0 unspecified atom stereocenters. The number of primary sulfonamides is 1. The van der Waals surface area contributed by atoms with E-state index in [9.17, 15) is 8.42 Å². The van der Waals surface area contributed by atoms with Gasteiger partial charge < -0.3 is 4.57 Å². The first-order chi connectivity index (χ1) is 6.89. The van der Waals surface area contributed by atoms with Gasteiger partial charge in [0.2, 0.25) is 10.0 Å². The third-order valence-electron chi connectivity index (χ3n) is 2.51. The molecule has 1 heterocycles. The first-order valence-electron chi connectivity index (χ1n) is 4.48. The number of fused-ring (bicyclic) bond motifs is 1. The summed E-state index contributed by atoms with van der Waals surface area (Å²) >= 11 is 0. The van der Waals surface area contributed by atoms with Crippen LogP contribution in [0.15, 0.2) is 29.3 Å². The van der Waals surface area contributed by atoms with E-state index in [1.54, 1.807) is 12.1 Å². The number of aryl methyl sites for hydroxylation is 2. The van der Waals surface area contributed by atoms with Gasteiger partial charge in [-0.15, -0.1) is 0 Å². The standard InChI is InChI=1S/C10H12N2O2S/c1-7-5-8(15(11,13)14)6-10-9(7)3-4-12(10)2/h3-6H,1-2H3,(H2,11,13,14). The van der Waals surface area contributed by atoms with Gasteiger partial charge in [0, 0.05) is 24.1 Å². The lowest BCUT2D eigenvalue weighted by atomic mass is 10.1. The normalized spacial score (nSPS) is 12.2. The van der Waals surface area contributed by atoms with E-state index in [1.807, 2.05) is 30.8 Å². The molecular formula is C10H12N2O2S. The Balaban J connectivity index is 2.88. The Labute approximate surface area is 88.4 Å². The van der Waals surface area contributed by atoms with Crippen LogP contribution in [0.2, 0.25) is 0 Å². The Morgan fingerprint density at radius 3 is 2.60 bits per heavy atom. The minimum absolute atomic E-state index is 0.161. The van der Waals surface area contributed by atoms with Crippen LogP contribution in [0.5, 0.6) is 0 Å². The van der Waals surface area contributed by atoms with Gasteiger partial charge in [0.1, 0.15) is 0 Å². The highest BCUT2D eigenvalue weighted by molar-refractivity contribution is 7.89. The van der Waals surface area contributed by atoms with Crippen molar-refractivity contribution in [2.45, 2.75) is 11.8 Å². The van der Waals surface area contributed by atoms with E-state index in [0.29, 0.717) is 0 Å². The second-order valence-electron chi connectivity index (χ2n) is 3.64. The molecule has 2 rings (SSSR count). The van der Waals surface area contributed by atoms with Gasteiger partial charge in [0.05, 0.1) is 4.90 Å². The highest BCUT2D eigenvalue weighted by Gasteiger charge is 2.11. The van der Waals surface area contributed by atoms with Gasteiger partial charge in [-0.1, -0.05) is 0 Å². The fraction of sp³-hybridized carbons (Fsp3) is 0.200. The van der Waals surface area contributed by atoms with Gasteiger partial charge in [-0.05, 0) is 30.7 Å². The summed E-state index contributed by atoms with van der Waals surface area (Å²) in [6, 6.07) is 5.15. The van der Waals surface area contributed by atoms with Gasteiger partial charge in [-0.25, -0.2) is 13.6 Å². The minimum Gasteiger partial charge on any atom is -0.351 e. The molecular weight excluding hydrogens is 212 g/mol. The van der Waals surface area contributed by atoms with Crippen LogP contribution in [-0.2, 0) is 17.1 Å². The molecule has 0 saturated heterocycles. The van der Waals surface area contributed by atoms with E-state index in [1.165, 1.54) is 0 Å². The van der Waals surface area contributed by atoms with Crippen LogP contribution in [-0.4, -0.2) is 13.0 Å². The van der Waals surface area contributed by atoms with Crippen LogP contribution >= 0.6 is 0 Å². The molecule has 5 heteroatoms. The summed E-state index contributed by atoms with van der Waals surface area (Å²) in [4.78, 5) is 0.161. The van der Waals surface area contributed by atoms with Crippen molar-refractivity contribution in [2.75, 3.05) is 0 Å². The highest BCUT2D eigenvalue weighted by Crippen LogP contribution is 2.22. The Bertz CT molecular complexity index is 626. The lowest BCUT2D eigenvalue weighted by molar-refractivity contribution is 0.598. The Morgan fingerprint density at radius 2 is 2.00 bits per heavy atom. The zero-order valence-electron chi connectivity index (χ0n) is 8.56. The summed E-state index contributed by atoms with van der Waals surface area (Å²) in [5.41, 5.74) is 1.79. The average molecular weight is 224 g/mol. The number of rotatable bonds is 1. The van der Waals surface area contributed by atoms with Crippen LogP contribution < -0.4 is 5.14 Å². The summed E-state index contributed by atoms with van der Waals surface area (Å²) < 4.78 is 24.3. The predicted octanol–water partition coefficient (Wildman–Crippen LogP) is 1.13. The second-order valence-corrected chi connectivity index (χ2v) is 5.21. The maximum atomic E-state index is 11.2. The van der Waals surface area contributed by atoms with Crippen molar-refractivity contribution in [2.24, 2.45) is 12.2 Å². The molecule has 0 fully saturated rings. The van der Waals surface area contributed by atoms with Gasteiger partial charge in [0.25, 0.3) is 0 Å². The zero-order valence-corrected chi connectivity index (χ0v) is 9.38. The molecule has 0 aliphatic heterocycles. The maximum absolute atomic E-state index is 11.2. The predicted molar refractivity (Wildman–Crippen MR) is 59.0 cm³/mol. The molecule has 1 aromatic heterocycles. The topological polar surface area (TPSA) is 65.1 Å². The quantitative estimate of drug-likeness (QED) is 0.789. The fourth-order valence-electron chi connectivity index (χ4n) is 1.69. The van der Waals surface area contributed by atoms with Crippen molar-refractivity contribution >= 4 is 20.9 Å². The van der Waals surface area contributed by atoms with Crippen molar-refractivity contribution in [3.63, 3.8) is 0 Å². The zero-order chi connectivity index (χ0) is 11.2. The van der Waals surface area contributed by atoms with Crippen molar-refractivity contribution in [3.05, 3.63) is 30.0 Å². The van der Waals surface area contributed by atoms with Crippen LogP contribution in [0, 0.1) is 6.92 Å². The first-order valence-corrected chi connectivity index (χ1v) is 6.03. The molecule has 15 heavy (non-hydrogen) atoms. The molecule has 0 radical (unpaired) electrons. The van der Waals surface area contributed by atoms with Gasteiger partial charge >= 0.3 is 0 Å². The number of hydrogen-bond donors (Lipinski definition) is 1. The van der Waals surface area contributed by atoms with Gasteiger partial charge in [-0.3, -0.25) is 0 Å². The average Bonchev–Trinajstić information content (AvgIpc) is 2.47. The smallest absolute Gasteiger partial charge is 0.238 e. The van der Waals surface area contributed by atoms with E-state index in [0.717, 1.165) is 16.5 Å². The minimum atomic E-state index is -3.62. The van der Waals surface area contributed by atoms with Gasteiger partial charge in [0.15, 0.2) is 0 Å². The Hall–Kier alpha value is -1.33. The monoisotopic (exact) mass is 224 g/mol. The van der Waals surface area contributed by atoms with Crippen LogP contribution in [0.4, 0.5) is 0 Å². The molecule has 0 bridgehead atoms. The summed E-state index contributed by atoms with van der Waals surface area (Å²) in [6.45, 7) is 1.87. The molecule has 0 amide bonds. The Morgan fingerprint density at radius 1 is 1.33 bits per heavy atom. The SMILES string of the molecule is Cc1cc(S(N)(=O)=O)cc2c1ccn2C. The summed E-state index contributed by atoms with van der Waals surface area (Å²) in [7, 11) is -1.76. The Kier molecular flexibility index (Phi) is 2.09. The molecule has 0 spiro atoms. The van der Waals surface area contributed by atoms with Crippen LogP contribution in [0.1, 0.15) is 5.56 Å².